The summed E-state index contributed by atoms with van der Waals surface area (Å²) < 4.78 is 0. The van der Waals surface area contributed by atoms with E-state index in [9.17, 15) is 9.59 Å². The Labute approximate surface area is 124 Å². The molecule has 2 heterocycles. The summed E-state index contributed by atoms with van der Waals surface area (Å²) in [4.78, 5) is 29.4. The maximum atomic E-state index is 12.3. The molecule has 7 heteroatoms. The summed E-state index contributed by atoms with van der Waals surface area (Å²) in [6.07, 6.45) is 0.128. The number of carbonyl (C=O) groups is 2. The number of rotatable bonds is 4. The van der Waals surface area contributed by atoms with Crippen LogP contribution < -0.4 is 0 Å². The van der Waals surface area contributed by atoms with Crippen LogP contribution in [0.4, 0.5) is 0 Å². The van der Waals surface area contributed by atoms with Crippen LogP contribution in [-0.4, -0.2) is 95.5 Å². The summed E-state index contributed by atoms with van der Waals surface area (Å²) in [5.41, 5.74) is 0. The Morgan fingerprint density at radius 1 is 1.20 bits per heavy atom. The van der Waals surface area contributed by atoms with Gasteiger partial charge in [0.05, 0.1) is 13.0 Å². The Morgan fingerprint density at radius 3 is 2.55 bits per heavy atom. The maximum absolute atomic E-state index is 12.3. The van der Waals surface area contributed by atoms with Gasteiger partial charge in [-0.05, 0) is 7.05 Å². The van der Waals surface area contributed by atoms with E-state index in [1.54, 1.807) is 11.8 Å². The van der Waals surface area contributed by atoms with Gasteiger partial charge in [0.25, 0.3) is 0 Å². The van der Waals surface area contributed by atoms with Gasteiger partial charge in [-0.3, -0.25) is 14.5 Å². The predicted octanol–water partition coefficient (Wildman–Crippen LogP) is -0.347. The van der Waals surface area contributed by atoms with E-state index >= 15 is 0 Å². The van der Waals surface area contributed by atoms with Gasteiger partial charge in [0.1, 0.15) is 0 Å². The SMILES string of the molecule is CN1CCN(C(=O)CN2CCSCC2CC(=O)O)CC1. The fourth-order valence-electron chi connectivity index (χ4n) is 2.62. The quantitative estimate of drug-likeness (QED) is 0.766. The summed E-state index contributed by atoms with van der Waals surface area (Å²) in [5.74, 6) is 1.14. The maximum Gasteiger partial charge on any atom is 0.304 e. The monoisotopic (exact) mass is 301 g/mol. The molecule has 20 heavy (non-hydrogen) atoms. The molecule has 0 aliphatic carbocycles. The Hall–Kier alpha value is -0.790. The average Bonchev–Trinajstić information content (AvgIpc) is 2.41. The predicted molar refractivity (Wildman–Crippen MR) is 79.0 cm³/mol. The minimum absolute atomic E-state index is 0.0114. The molecule has 2 fully saturated rings. The van der Waals surface area contributed by atoms with Gasteiger partial charge >= 0.3 is 5.97 Å². The van der Waals surface area contributed by atoms with Crippen molar-refractivity contribution >= 4 is 23.6 Å². The second-order valence-electron chi connectivity index (χ2n) is 5.48. The van der Waals surface area contributed by atoms with E-state index in [2.05, 4.69) is 11.9 Å². The van der Waals surface area contributed by atoms with Crippen LogP contribution in [-0.2, 0) is 9.59 Å². The van der Waals surface area contributed by atoms with Crippen LogP contribution in [0.1, 0.15) is 6.42 Å². The Morgan fingerprint density at radius 2 is 1.90 bits per heavy atom. The molecular weight excluding hydrogens is 278 g/mol. The first-order valence-corrected chi connectivity index (χ1v) is 8.21. The van der Waals surface area contributed by atoms with Crippen LogP contribution in [0.15, 0.2) is 0 Å². The Kier molecular flexibility index (Phi) is 5.68. The normalized spacial score (nSPS) is 25.6. The number of carbonyl (C=O) groups excluding carboxylic acids is 1. The van der Waals surface area contributed by atoms with Crippen LogP contribution in [0.25, 0.3) is 0 Å². The molecule has 2 aliphatic rings. The largest absolute Gasteiger partial charge is 0.481 e. The highest BCUT2D eigenvalue weighted by Crippen LogP contribution is 2.19. The molecular formula is C13H23N3O3S. The summed E-state index contributed by atoms with van der Waals surface area (Å²) >= 11 is 1.78. The van der Waals surface area contributed by atoms with Crippen molar-refractivity contribution in [1.29, 1.82) is 0 Å². The molecule has 6 nitrogen and oxygen atoms in total. The first-order chi connectivity index (χ1) is 9.56. The van der Waals surface area contributed by atoms with Crippen molar-refractivity contribution in [3.63, 3.8) is 0 Å². The number of piperazine rings is 1. The number of aliphatic carboxylic acids is 1. The van der Waals surface area contributed by atoms with Crippen molar-refractivity contribution in [2.45, 2.75) is 12.5 Å². The first kappa shape index (κ1) is 15.6. The number of carboxylic acids is 1. The average molecular weight is 301 g/mol. The lowest BCUT2D eigenvalue weighted by Gasteiger charge is -2.37. The lowest BCUT2D eigenvalue weighted by Crippen LogP contribution is -2.53. The molecule has 2 saturated heterocycles. The van der Waals surface area contributed by atoms with Crippen molar-refractivity contribution in [2.24, 2.45) is 0 Å². The molecule has 114 valence electrons. The third kappa shape index (κ3) is 4.36. The number of hydrogen-bond donors (Lipinski definition) is 1. The topological polar surface area (TPSA) is 64.1 Å². The van der Waals surface area contributed by atoms with Crippen molar-refractivity contribution in [2.75, 3.05) is 57.8 Å². The number of thioether (sulfide) groups is 1. The molecule has 0 radical (unpaired) electrons. The van der Waals surface area contributed by atoms with Crippen LogP contribution >= 0.6 is 11.8 Å². The smallest absolute Gasteiger partial charge is 0.304 e. The van der Waals surface area contributed by atoms with E-state index in [1.165, 1.54) is 0 Å². The van der Waals surface area contributed by atoms with E-state index < -0.39 is 5.97 Å². The molecule has 0 aromatic heterocycles. The molecule has 1 N–H and O–H groups in total. The molecule has 1 atom stereocenters. The van der Waals surface area contributed by atoms with E-state index in [0.29, 0.717) is 6.54 Å². The zero-order valence-electron chi connectivity index (χ0n) is 12.0. The lowest BCUT2D eigenvalue weighted by molar-refractivity contribution is -0.140. The van der Waals surface area contributed by atoms with Crippen LogP contribution in [0.3, 0.4) is 0 Å². The van der Waals surface area contributed by atoms with Crippen LogP contribution in [0.2, 0.25) is 0 Å². The summed E-state index contributed by atoms with van der Waals surface area (Å²) in [7, 11) is 2.06. The number of nitrogens with zero attached hydrogens (tertiary/aromatic N) is 3. The molecule has 0 aromatic rings. The molecule has 1 amide bonds. The van der Waals surface area contributed by atoms with Crippen LogP contribution in [0.5, 0.6) is 0 Å². The van der Waals surface area contributed by atoms with Gasteiger partial charge in [-0.2, -0.15) is 11.8 Å². The summed E-state index contributed by atoms with van der Waals surface area (Å²) in [6.45, 7) is 4.56. The molecule has 2 rings (SSSR count). The number of carboxylic acid groups (broad SMARTS) is 1. The van der Waals surface area contributed by atoms with E-state index in [-0.39, 0.29) is 18.4 Å². The van der Waals surface area contributed by atoms with E-state index in [1.807, 2.05) is 9.80 Å². The van der Waals surface area contributed by atoms with Gasteiger partial charge in [-0.25, -0.2) is 0 Å². The highest BCUT2D eigenvalue weighted by molar-refractivity contribution is 7.99. The van der Waals surface area contributed by atoms with Gasteiger partial charge in [0.2, 0.25) is 5.91 Å². The van der Waals surface area contributed by atoms with Gasteiger partial charge in [0.15, 0.2) is 0 Å². The number of likely N-dealkylation sites (N-methyl/N-ethyl adjacent to an activating group) is 1. The fourth-order valence-corrected chi connectivity index (χ4v) is 3.75. The zero-order chi connectivity index (χ0) is 14.5. The number of hydrogen-bond acceptors (Lipinski definition) is 5. The summed E-state index contributed by atoms with van der Waals surface area (Å²) in [6, 6.07) is -0.0114. The fraction of sp³-hybridized carbons (Fsp3) is 0.846. The van der Waals surface area contributed by atoms with E-state index in [0.717, 1.165) is 44.2 Å². The highest BCUT2D eigenvalue weighted by Gasteiger charge is 2.28. The van der Waals surface area contributed by atoms with Crippen molar-refractivity contribution in [3.8, 4) is 0 Å². The highest BCUT2D eigenvalue weighted by atomic mass is 32.2. The molecule has 0 aromatic carbocycles. The molecule has 1 unspecified atom stereocenters. The second-order valence-corrected chi connectivity index (χ2v) is 6.63. The zero-order valence-corrected chi connectivity index (χ0v) is 12.8. The van der Waals surface area contributed by atoms with Crippen molar-refractivity contribution < 1.29 is 14.7 Å². The third-order valence-electron chi connectivity index (χ3n) is 3.95. The third-order valence-corrected chi connectivity index (χ3v) is 5.05. The standard InChI is InChI=1S/C13H23N3O3S/c1-14-2-4-15(5-3-14)12(17)9-16-6-7-20-10-11(16)8-13(18)19/h11H,2-10H2,1H3,(H,18,19). The van der Waals surface area contributed by atoms with Gasteiger partial charge in [-0.15, -0.1) is 0 Å². The molecule has 0 saturated carbocycles. The summed E-state index contributed by atoms with van der Waals surface area (Å²) in [5, 5.41) is 8.96. The number of amides is 1. The van der Waals surface area contributed by atoms with Gasteiger partial charge in [-0.1, -0.05) is 0 Å². The molecule has 0 bridgehead atoms. The Bertz CT molecular complexity index is 359. The van der Waals surface area contributed by atoms with Crippen molar-refractivity contribution in [1.82, 2.24) is 14.7 Å². The minimum Gasteiger partial charge on any atom is -0.481 e. The molecule has 0 spiro atoms. The van der Waals surface area contributed by atoms with Crippen LogP contribution in [0, 0.1) is 0 Å². The van der Waals surface area contributed by atoms with Crippen molar-refractivity contribution in [3.05, 3.63) is 0 Å². The minimum atomic E-state index is -0.783. The van der Waals surface area contributed by atoms with E-state index in [4.69, 9.17) is 5.11 Å². The first-order valence-electron chi connectivity index (χ1n) is 7.06. The molecule has 2 aliphatic heterocycles. The van der Waals surface area contributed by atoms with Gasteiger partial charge < -0.3 is 14.9 Å². The van der Waals surface area contributed by atoms with Gasteiger partial charge in [0, 0.05) is 50.3 Å². The second kappa shape index (κ2) is 7.28. The Balaban J connectivity index is 1.86. The lowest BCUT2D eigenvalue weighted by atomic mass is 10.2.